The SMILES string of the molecule is CCOc1ccc(N2C(=O)C[C@@H](N3CCCC[C@@H]3C)C2=O)cc1. The third-order valence-electron chi connectivity index (χ3n) is 4.78. The zero-order chi connectivity index (χ0) is 16.4. The van der Waals surface area contributed by atoms with Gasteiger partial charge >= 0.3 is 0 Å². The average molecular weight is 316 g/mol. The van der Waals surface area contributed by atoms with Crippen LogP contribution in [0.15, 0.2) is 24.3 Å². The van der Waals surface area contributed by atoms with E-state index >= 15 is 0 Å². The first-order valence-corrected chi connectivity index (χ1v) is 8.47. The lowest BCUT2D eigenvalue weighted by Crippen LogP contribution is -2.48. The summed E-state index contributed by atoms with van der Waals surface area (Å²) in [6.45, 7) is 5.57. The maximum absolute atomic E-state index is 12.8. The number of piperidine rings is 1. The number of ether oxygens (including phenoxy) is 1. The van der Waals surface area contributed by atoms with Crippen LogP contribution in [0.1, 0.15) is 39.5 Å². The summed E-state index contributed by atoms with van der Waals surface area (Å²) in [5.74, 6) is 0.548. The number of nitrogens with zero attached hydrogens (tertiary/aromatic N) is 2. The normalized spacial score (nSPS) is 25.9. The van der Waals surface area contributed by atoms with Crippen LogP contribution in [0, 0.1) is 0 Å². The molecule has 2 heterocycles. The smallest absolute Gasteiger partial charge is 0.251 e. The van der Waals surface area contributed by atoms with Crippen molar-refractivity contribution in [2.24, 2.45) is 0 Å². The molecule has 5 nitrogen and oxygen atoms in total. The molecule has 2 aliphatic heterocycles. The second kappa shape index (κ2) is 6.71. The van der Waals surface area contributed by atoms with E-state index in [9.17, 15) is 9.59 Å². The van der Waals surface area contributed by atoms with Crippen molar-refractivity contribution in [3.8, 4) is 5.75 Å². The molecule has 2 fully saturated rings. The van der Waals surface area contributed by atoms with E-state index in [2.05, 4.69) is 11.8 Å². The van der Waals surface area contributed by atoms with Gasteiger partial charge in [0.15, 0.2) is 0 Å². The number of anilines is 1. The number of amides is 2. The quantitative estimate of drug-likeness (QED) is 0.801. The topological polar surface area (TPSA) is 49.9 Å². The minimum absolute atomic E-state index is 0.0899. The number of benzene rings is 1. The summed E-state index contributed by atoms with van der Waals surface area (Å²) < 4.78 is 5.41. The van der Waals surface area contributed by atoms with Gasteiger partial charge in [-0.25, -0.2) is 4.90 Å². The second-order valence-corrected chi connectivity index (χ2v) is 6.30. The van der Waals surface area contributed by atoms with E-state index in [0.717, 1.165) is 25.1 Å². The monoisotopic (exact) mass is 316 g/mol. The molecule has 0 aliphatic carbocycles. The van der Waals surface area contributed by atoms with Gasteiger partial charge in [0.25, 0.3) is 5.91 Å². The molecule has 2 saturated heterocycles. The molecule has 0 spiro atoms. The lowest BCUT2D eigenvalue weighted by atomic mass is 10.0. The number of hydrogen-bond acceptors (Lipinski definition) is 4. The van der Waals surface area contributed by atoms with Gasteiger partial charge in [0.1, 0.15) is 5.75 Å². The zero-order valence-corrected chi connectivity index (χ0v) is 13.8. The van der Waals surface area contributed by atoms with E-state index in [0.29, 0.717) is 18.3 Å². The second-order valence-electron chi connectivity index (χ2n) is 6.30. The predicted octanol–water partition coefficient (Wildman–Crippen LogP) is 2.59. The van der Waals surface area contributed by atoms with E-state index < -0.39 is 0 Å². The predicted molar refractivity (Wildman–Crippen MR) is 88.5 cm³/mol. The van der Waals surface area contributed by atoms with Crippen LogP contribution in [-0.4, -0.2) is 41.9 Å². The van der Waals surface area contributed by atoms with E-state index in [1.54, 1.807) is 24.3 Å². The fourth-order valence-electron chi connectivity index (χ4n) is 3.59. The van der Waals surface area contributed by atoms with Crippen LogP contribution in [0.25, 0.3) is 0 Å². The molecule has 2 aliphatic rings. The maximum Gasteiger partial charge on any atom is 0.251 e. The zero-order valence-electron chi connectivity index (χ0n) is 13.8. The summed E-state index contributed by atoms with van der Waals surface area (Å²) in [6.07, 6.45) is 3.69. The third-order valence-corrected chi connectivity index (χ3v) is 4.78. The van der Waals surface area contributed by atoms with E-state index in [1.807, 2.05) is 6.92 Å². The van der Waals surface area contributed by atoms with Crippen LogP contribution in [0.4, 0.5) is 5.69 Å². The van der Waals surface area contributed by atoms with Crippen LogP contribution >= 0.6 is 0 Å². The van der Waals surface area contributed by atoms with Crippen LogP contribution in [-0.2, 0) is 9.59 Å². The molecular formula is C18H24N2O3. The van der Waals surface area contributed by atoms with Crippen molar-refractivity contribution in [3.63, 3.8) is 0 Å². The molecule has 3 rings (SSSR count). The van der Waals surface area contributed by atoms with Crippen molar-refractivity contribution in [1.82, 2.24) is 4.90 Å². The highest BCUT2D eigenvalue weighted by atomic mass is 16.5. The summed E-state index contributed by atoms with van der Waals surface area (Å²) in [5.41, 5.74) is 0.635. The van der Waals surface area contributed by atoms with E-state index in [-0.39, 0.29) is 24.3 Å². The molecule has 1 aromatic rings. The fraction of sp³-hybridized carbons (Fsp3) is 0.556. The number of likely N-dealkylation sites (tertiary alicyclic amines) is 1. The van der Waals surface area contributed by atoms with Crippen molar-refractivity contribution < 1.29 is 14.3 Å². The molecule has 0 radical (unpaired) electrons. The van der Waals surface area contributed by atoms with E-state index in [1.165, 1.54) is 11.3 Å². The number of hydrogen-bond donors (Lipinski definition) is 0. The number of carbonyl (C=O) groups excluding carboxylic acids is 2. The first-order chi connectivity index (χ1) is 11.1. The molecule has 124 valence electrons. The highest BCUT2D eigenvalue weighted by molar-refractivity contribution is 6.22. The lowest BCUT2D eigenvalue weighted by Gasteiger charge is -2.36. The van der Waals surface area contributed by atoms with Crippen LogP contribution in [0.5, 0.6) is 5.75 Å². The summed E-state index contributed by atoms with van der Waals surface area (Å²) in [4.78, 5) is 28.7. The first kappa shape index (κ1) is 16.0. The van der Waals surface area contributed by atoms with Gasteiger partial charge in [0.05, 0.1) is 24.8 Å². The molecule has 2 atom stereocenters. The molecule has 2 amide bonds. The number of carbonyl (C=O) groups is 2. The fourth-order valence-corrected chi connectivity index (χ4v) is 3.59. The minimum Gasteiger partial charge on any atom is -0.494 e. The van der Waals surface area contributed by atoms with Crippen molar-refractivity contribution in [2.75, 3.05) is 18.1 Å². The molecular weight excluding hydrogens is 292 g/mol. The Morgan fingerprint density at radius 1 is 1.17 bits per heavy atom. The maximum atomic E-state index is 12.8. The van der Waals surface area contributed by atoms with Crippen molar-refractivity contribution >= 4 is 17.5 Å². The summed E-state index contributed by atoms with van der Waals surface area (Å²) in [7, 11) is 0. The highest BCUT2D eigenvalue weighted by Crippen LogP contribution is 2.30. The molecule has 23 heavy (non-hydrogen) atoms. The third kappa shape index (κ3) is 3.11. The van der Waals surface area contributed by atoms with Gasteiger partial charge in [-0.2, -0.15) is 0 Å². The Labute approximate surface area is 137 Å². The Morgan fingerprint density at radius 3 is 2.57 bits per heavy atom. The molecule has 0 N–H and O–H groups in total. The van der Waals surface area contributed by atoms with Gasteiger partial charge in [0.2, 0.25) is 5.91 Å². The lowest BCUT2D eigenvalue weighted by molar-refractivity contribution is -0.123. The van der Waals surface area contributed by atoms with Crippen LogP contribution < -0.4 is 9.64 Å². The van der Waals surface area contributed by atoms with Gasteiger partial charge in [-0.3, -0.25) is 14.5 Å². The molecule has 0 aromatic heterocycles. The minimum atomic E-state index is -0.302. The Balaban J connectivity index is 1.78. The average Bonchev–Trinajstić information content (AvgIpc) is 2.84. The number of imide groups is 1. The molecule has 0 saturated carbocycles. The Bertz CT molecular complexity index is 584. The summed E-state index contributed by atoms with van der Waals surface area (Å²) >= 11 is 0. The standard InChI is InChI=1S/C18H24N2O3/c1-3-23-15-9-7-14(8-10-15)20-17(21)12-16(18(20)22)19-11-5-4-6-13(19)2/h7-10,13,16H,3-6,11-12H2,1-2H3/t13-,16+/m0/s1. The van der Waals surface area contributed by atoms with Gasteiger partial charge in [-0.1, -0.05) is 6.42 Å². The molecule has 1 aromatic carbocycles. The Hall–Kier alpha value is -1.88. The number of rotatable bonds is 4. The van der Waals surface area contributed by atoms with Gasteiger partial charge in [-0.05, 0) is 57.5 Å². The molecule has 0 bridgehead atoms. The Morgan fingerprint density at radius 2 is 1.91 bits per heavy atom. The highest BCUT2D eigenvalue weighted by Gasteiger charge is 2.44. The van der Waals surface area contributed by atoms with E-state index in [4.69, 9.17) is 4.74 Å². The molecule has 5 heteroatoms. The van der Waals surface area contributed by atoms with Crippen LogP contribution in [0.2, 0.25) is 0 Å². The van der Waals surface area contributed by atoms with Crippen molar-refractivity contribution in [1.29, 1.82) is 0 Å². The molecule has 0 unspecified atom stereocenters. The van der Waals surface area contributed by atoms with Gasteiger partial charge < -0.3 is 4.74 Å². The van der Waals surface area contributed by atoms with Gasteiger partial charge in [-0.15, -0.1) is 0 Å². The van der Waals surface area contributed by atoms with Crippen LogP contribution in [0.3, 0.4) is 0 Å². The first-order valence-electron chi connectivity index (χ1n) is 8.47. The largest absolute Gasteiger partial charge is 0.494 e. The van der Waals surface area contributed by atoms with Crippen molar-refractivity contribution in [2.45, 2.75) is 51.6 Å². The summed E-state index contributed by atoms with van der Waals surface area (Å²) in [6, 6.07) is 7.23. The van der Waals surface area contributed by atoms with Crippen molar-refractivity contribution in [3.05, 3.63) is 24.3 Å². The summed E-state index contributed by atoms with van der Waals surface area (Å²) in [5, 5.41) is 0. The Kier molecular flexibility index (Phi) is 4.66. The van der Waals surface area contributed by atoms with Gasteiger partial charge in [0, 0.05) is 6.04 Å².